The van der Waals surface area contributed by atoms with E-state index < -0.39 is 9.84 Å². The van der Waals surface area contributed by atoms with Crippen LogP contribution in [0, 0.1) is 0 Å². The molecule has 1 aromatic carbocycles. The molecule has 1 unspecified atom stereocenters. The second-order valence-corrected chi connectivity index (χ2v) is 6.71. The van der Waals surface area contributed by atoms with Gasteiger partial charge in [-0.05, 0) is 31.7 Å². The number of sulfone groups is 1. The van der Waals surface area contributed by atoms with Crippen LogP contribution in [0.5, 0.6) is 0 Å². The number of hydrogen-bond acceptors (Lipinski definition) is 4. The predicted octanol–water partition coefficient (Wildman–Crippen LogP) is 1.62. The van der Waals surface area contributed by atoms with Crippen molar-refractivity contribution < 1.29 is 8.42 Å². The van der Waals surface area contributed by atoms with Crippen LogP contribution in [-0.2, 0) is 16.4 Å². The Labute approximate surface area is 119 Å². The number of aromatic nitrogens is 2. The summed E-state index contributed by atoms with van der Waals surface area (Å²) in [6.07, 6.45) is 4.99. The van der Waals surface area contributed by atoms with Crippen LogP contribution in [0.1, 0.15) is 24.1 Å². The lowest BCUT2D eigenvalue weighted by Crippen LogP contribution is -2.17. The Hall–Kier alpha value is -1.66. The Morgan fingerprint density at radius 3 is 2.65 bits per heavy atom. The van der Waals surface area contributed by atoms with Crippen molar-refractivity contribution in [2.24, 2.45) is 0 Å². The van der Waals surface area contributed by atoms with Crippen LogP contribution < -0.4 is 5.32 Å². The molecule has 1 atom stereocenters. The Morgan fingerprint density at radius 2 is 2.10 bits per heavy atom. The molecule has 2 aromatic rings. The van der Waals surface area contributed by atoms with Crippen LogP contribution >= 0.6 is 0 Å². The van der Waals surface area contributed by atoms with Crippen molar-refractivity contribution in [1.29, 1.82) is 0 Å². The van der Waals surface area contributed by atoms with E-state index in [-0.39, 0.29) is 6.04 Å². The molecule has 0 fully saturated rings. The van der Waals surface area contributed by atoms with E-state index in [1.54, 1.807) is 24.4 Å². The predicted molar refractivity (Wildman–Crippen MR) is 78.4 cm³/mol. The van der Waals surface area contributed by atoms with E-state index >= 15 is 0 Å². The van der Waals surface area contributed by atoms with Crippen molar-refractivity contribution in [3.8, 4) is 0 Å². The van der Waals surface area contributed by atoms with Gasteiger partial charge in [0, 0.05) is 24.6 Å². The fourth-order valence-electron chi connectivity index (χ4n) is 2.15. The van der Waals surface area contributed by atoms with Crippen LogP contribution in [0.15, 0.2) is 41.6 Å². The topological polar surface area (TPSA) is 64.0 Å². The standard InChI is InChI=1S/C14H19N3O2S/c1-4-17-10-12(9-16-17)14(15-2)11-6-5-7-13(8-11)20(3,18)19/h5-10,14-15H,4H2,1-3H3. The lowest BCUT2D eigenvalue weighted by Gasteiger charge is -2.15. The fourth-order valence-corrected chi connectivity index (χ4v) is 2.83. The summed E-state index contributed by atoms with van der Waals surface area (Å²) in [6, 6.07) is 6.93. The van der Waals surface area contributed by atoms with E-state index in [2.05, 4.69) is 10.4 Å². The zero-order valence-electron chi connectivity index (χ0n) is 11.9. The lowest BCUT2D eigenvalue weighted by molar-refractivity contribution is 0.601. The van der Waals surface area contributed by atoms with Gasteiger partial charge in [0.25, 0.3) is 0 Å². The summed E-state index contributed by atoms with van der Waals surface area (Å²) in [4.78, 5) is 0.332. The van der Waals surface area contributed by atoms with Crippen molar-refractivity contribution in [2.45, 2.75) is 24.4 Å². The molecule has 2 rings (SSSR count). The van der Waals surface area contributed by atoms with Gasteiger partial charge in [-0.25, -0.2) is 8.42 Å². The van der Waals surface area contributed by atoms with Crippen molar-refractivity contribution in [2.75, 3.05) is 13.3 Å². The normalized spacial score (nSPS) is 13.3. The monoisotopic (exact) mass is 293 g/mol. The molecule has 0 aliphatic heterocycles. The highest BCUT2D eigenvalue weighted by atomic mass is 32.2. The molecule has 0 saturated heterocycles. The van der Waals surface area contributed by atoms with Gasteiger partial charge in [0.15, 0.2) is 9.84 Å². The van der Waals surface area contributed by atoms with E-state index in [9.17, 15) is 8.42 Å². The van der Waals surface area contributed by atoms with E-state index in [0.717, 1.165) is 17.7 Å². The Balaban J connectivity index is 2.42. The Kier molecular flexibility index (Phi) is 4.25. The van der Waals surface area contributed by atoms with E-state index in [0.29, 0.717) is 4.90 Å². The first-order valence-corrected chi connectivity index (χ1v) is 8.34. The molecule has 0 radical (unpaired) electrons. The van der Waals surface area contributed by atoms with Crippen molar-refractivity contribution in [1.82, 2.24) is 15.1 Å². The highest BCUT2D eigenvalue weighted by molar-refractivity contribution is 7.90. The highest BCUT2D eigenvalue weighted by Gasteiger charge is 2.16. The first-order valence-electron chi connectivity index (χ1n) is 6.45. The largest absolute Gasteiger partial charge is 0.309 e. The lowest BCUT2D eigenvalue weighted by atomic mass is 10.0. The quantitative estimate of drug-likeness (QED) is 0.910. The molecule has 1 heterocycles. The Morgan fingerprint density at radius 1 is 1.35 bits per heavy atom. The van der Waals surface area contributed by atoms with Gasteiger partial charge in [-0.2, -0.15) is 5.10 Å². The molecular formula is C14H19N3O2S. The average molecular weight is 293 g/mol. The van der Waals surface area contributed by atoms with Crippen LogP contribution in [0.2, 0.25) is 0 Å². The molecule has 108 valence electrons. The maximum Gasteiger partial charge on any atom is 0.175 e. The SMILES string of the molecule is CCn1cc(C(NC)c2cccc(S(C)(=O)=O)c2)cn1. The first kappa shape index (κ1) is 14.7. The summed E-state index contributed by atoms with van der Waals surface area (Å²) in [5, 5.41) is 7.46. The summed E-state index contributed by atoms with van der Waals surface area (Å²) < 4.78 is 25.1. The third kappa shape index (κ3) is 3.08. The van der Waals surface area contributed by atoms with Crippen LogP contribution in [0.3, 0.4) is 0 Å². The van der Waals surface area contributed by atoms with E-state index in [1.807, 2.05) is 30.9 Å². The minimum atomic E-state index is -3.20. The van der Waals surface area contributed by atoms with Crippen LogP contribution in [0.25, 0.3) is 0 Å². The second-order valence-electron chi connectivity index (χ2n) is 4.70. The number of hydrogen-bond donors (Lipinski definition) is 1. The zero-order valence-corrected chi connectivity index (χ0v) is 12.7. The molecule has 1 aromatic heterocycles. The third-order valence-corrected chi connectivity index (χ3v) is 4.33. The molecule has 5 nitrogen and oxygen atoms in total. The van der Waals surface area contributed by atoms with Crippen LogP contribution in [0.4, 0.5) is 0 Å². The maximum atomic E-state index is 11.6. The molecule has 0 bridgehead atoms. The summed E-state index contributed by atoms with van der Waals surface area (Å²) in [5.41, 5.74) is 1.92. The van der Waals surface area contributed by atoms with Crippen molar-refractivity contribution in [3.63, 3.8) is 0 Å². The second kappa shape index (κ2) is 5.76. The smallest absolute Gasteiger partial charge is 0.175 e. The molecule has 20 heavy (non-hydrogen) atoms. The molecule has 0 saturated carbocycles. The maximum absolute atomic E-state index is 11.6. The number of rotatable bonds is 5. The molecule has 0 amide bonds. The van der Waals surface area contributed by atoms with Crippen molar-refractivity contribution >= 4 is 9.84 Å². The van der Waals surface area contributed by atoms with Gasteiger partial charge >= 0.3 is 0 Å². The van der Waals surface area contributed by atoms with Gasteiger partial charge in [-0.3, -0.25) is 4.68 Å². The average Bonchev–Trinajstić information content (AvgIpc) is 2.88. The molecule has 0 spiro atoms. The van der Waals surface area contributed by atoms with Gasteiger partial charge in [-0.15, -0.1) is 0 Å². The van der Waals surface area contributed by atoms with Crippen molar-refractivity contribution in [3.05, 3.63) is 47.8 Å². The molecule has 6 heteroatoms. The van der Waals surface area contributed by atoms with Gasteiger partial charge in [0.1, 0.15) is 0 Å². The fraction of sp³-hybridized carbons (Fsp3) is 0.357. The minimum Gasteiger partial charge on any atom is -0.309 e. The Bertz CT molecular complexity index is 692. The summed E-state index contributed by atoms with van der Waals surface area (Å²) in [5.74, 6) is 0. The van der Waals surface area contributed by atoms with E-state index in [1.165, 1.54) is 6.26 Å². The number of benzene rings is 1. The molecular weight excluding hydrogens is 274 g/mol. The van der Waals surface area contributed by atoms with E-state index in [4.69, 9.17) is 0 Å². The van der Waals surface area contributed by atoms with Gasteiger partial charge in [0.05, 0.1) is 17.1 Å². The molecule has 1 N–H and O–H groups in total. The van der Waals surface area contributed by atoms with Gasteiger partial charge in [-0.1, -0.05) is 12.1 Å². The minimum absolute atomic E-state index is 0.0722. The molecule has 0 aliphatic carbocycles. The summed E-state index contributed by atoms with van der Waals surface area (Å²) in [7, 11) is -1.35. The summed E-state index contributed by atoms with van der Waals surface area (Å²) >= 11 is 0. The highest BCUT2D eigenvalue weighted by Crippen LogP contribution is 2.23. The number of aryl methyl sites for hydroxylation is 1. The summed E-state index contributed by atoms with van der Waals surface area (Å²) in [6.45, 7) is 2.83. The molecule has 0 aliphatic rings. The zero-order chi connectivity index (χ0) is 14.8. The van der Waals surface area contributed by atoms with Crippen LogP contribution in [-0.4, -0.2) is 31.5 Å². The van der Waals surface area contributed by atoms with Gasteiger partial charge < -0.3 is 5.32 Å². The third-order valence-electron chi connectivity index (χ3n) is 3.22. The van der Waals surface area contributed by atoms with Gasteiger partial charge in [0.2, 0.25) is 0 Å². The first-order chi connectivity index (χ1) is 9.45. The number of nitrogens with zero attached hydrogens (tertiary/aromatic N) is 2. The number of nitrogens with one attached hydrogen (secondary N) is 1.